The van der Waals surface area contributed by atoms with Crippen LogP contribution in [0.1, 0.15) is 20.1 Å². The summed E-state index contributed by atoms with van der Waals surface area (Å²) in [6.07, 6.45) is 0. The van der Waals surface area contributed by atoms with Gasteiger partial charge in [-0.05, 0) is 19.1 Å². The number of rotatable bonds is 5. The molecule has 0 saturated carbocycles. The van der Waals surface area contributed by atoms with Crippen LogP contribution in [0.5, 0.6) is 5.75 Å². The van der Waals surface area contributed by atoms with E-state index in [1.54, 1.807) is 18.2 Å². The van der Waals surface area contributed by atoms with Gasteiger partial charge in [0.05, 0.1) is 15.9 Å². The highest BCUT2D eigenvalue weighted by molar-refractivity contribution is 7.14. The molecule has 21 heavy (non-hydrogen) atoms. The Morgan fingerprint density at radius 1 is 1.48 bits per heavy atom. The maximum Gasteiger partial charge on any atom is 0.275 e. The van der Waals surface area contributed by atoms with Crippen LogP contribution in [-0.4, -0.2) is 10.8 Å². The molecule has 3 N–H and O–H groups in total. The second-order valence-electron chi connectivity index (χ2n) is 4.21. The first kappa shape index (κ1) is 14.9. The maximum absolute atomic E-state index is 11.4. The predicted octanol–water partition coefficient (Wildman–Crippen LogP) is 2.15. The van der Waals surface area contributed by atoms with E-state index in [9.17, 15) is 14.9 Å². The van der Waals surface area contributed by atoms with Crippen molar-refractivity contribution < 1.29 is 14.5 Å². The zero-order valence-electron chi connectivity index (χ0n) is 11.2. The number of ether oxygens (including phenoxy) is 1. The summed E-state index contributed by atoms with van der Waals surface area (Å²) in [4.78, 5) is 23.1. The number of nitro benzene ring substituents is 1. The number of hydrogen-bond acceptors (Lipinski definition) is 6. The fourth-order valence-corrected chi connectivity index (χ4v) is 2.63. The smallest absolute Gasteiger partial charge is 0.275 e. The number of benzene rings is 1. The molecule has 0 unspecified atom stereocenters. The molecular formula is C13H13N3O4S. The number of nitrogens with one attached hydrogen (secondary N) is 1. The average Bonchev–Trinajstić information content (AvgIpc) is 2.85. The van der Waals surface area contributed by atoms with Crippen molar-refractivity contribution in [3.63, 3.8) is 0 Å². The highest BCUT2D eigenvalue weighted by Gasteiger charge is 2.12. The van der Waals surface area contributed by atoms with Gasteiger partial charge in [-0.3, -0.25) is 20.3 Å². The lowest BCUT2D eigenvalue weighted by molar-refractivity contribution is -0.384. The van der Waals surface area contributed by atoms with E-state index in [1.165, 1.54) is 23.5 Å². The lowest BCUT2D eigenvalue weighted by atomic mass is 10.2. The summed E-state index contributed by atoms with van der Waals surface area (Å²) in [6, 6.07) is 7.64. The highest BCUT2D eigenvalue weighted by atomic mass is 32.1. The third kappa shape index (κ3) is 3.56. The van der Waals surface area contributed by atoms with Crippen LogP contribution in [0.4, 0.5) is 5.69 Å². The second-order valence-corrected chi connectivity index (χ2v) is 5.47. The van der Waals surface area contributed by atoms with E-state index >= 15 is 0 Å². The van der Waals surface area contributed by atoms with Gasteiger partial charge in [0.1, 0.15) is 12.4 Å². The highest BCUT2D eigenvalue weighted by Crippen LogP contribution is 2.24. The molecule has 0 bridgehead atoms. The number of carbonyl (C=O) groups excluding carboxylic acids is 1. The molecule has 8 heteroatoms. The van der Waals surface area contributed by atoms with Gasteiger partial charge in [-0.1, -0.05) is 6.07 Å². The van der Waals surface area contributed by atoms with Crippen molar-refractivity contribution in [2.45, 2.75) is 13.5 Å². The van der Waals surface area contributed by atoms with Crippen LogP contribution in [0.2, 0.25) is 0 Å². The summed E-state index contributed by atoms with van der Waals surface area (Å²) in [5.74, 6) is 5.13. The molecule has 0 atom stereocenters. The molecule has 1 aromatic carbocycles. The Kier molecular flexibility index (Phi) is 4.51. The van der Waals surface area contributed by atoms with Crippen LogP contribution in [0.25, 0.3) is 0 Å². The molecule has 1 aromatic heterocycles. The third-order valence-electron chi connectivity index (χ3n) is 2.80. The van der Waals surface area contributed by atoms with Gasteiger partial charge in [0.25, 0.3) is 11.6 Å². The average molecular weight is 307 g/mol. The Morgan fingerprint density at radius 3 is 2.90 bits per heavy atom. The van der Waals surface area contributed by atoms with E-state index in [1.807, 2.05) is 6.92 Å². The van der Waals surface area contributed by atoms with Gasteiger partial charge in [0.2, 0.25) is 0 Å². The molecule has 2 aromatic rings. The Bertz CT molecular complexity index is 684. The zero-order chi connectivity index (χ0) is 15.4. The predicted molar refractivity (Wildman–Crippen MR) is 78.1 cm³/mol. The summed E-state index contributed by atoms with van der Waals surface area (Å²) >= 11 is 1.31. The number of non-ortho nitro benzene ring substituents is 1. The molecule has 0 fully saturated rings. The number of hydrogen-bond donors (Lipinski definition) is 2. The Hall–Kier alpha value is -2.45. The monoisotopic (exact) mass is 307 g/mol. The van der Waals surface area contributed by atoms with E-state index < -0.39 is 4.92 Å². The lowest BCUT2D eigenvalue weighted by Crippen LogP contribution is -2.29. The maximum atomic E-state index is 11.4. The molecule has 0 aliphatic carbocycles. The molecule has 1 heterocycles. The van der Waals surface area contributed by atoms with Crippen molar-refractivity contribution >= 4 is 22.9 Å². The Balaban J connectivity index is 2.09. The number of hydrazine groups is 1. The van der Waals surface area contributed by atoms with Crippen molar-refractivity contribution in [1.82, 2.24) is 5.43 Å². The minimum absolute atomic E-state index is 0.0299. The largest absolute Gasteiger partial charge is 0.489 e. The minimum atomic E-state index is -0.480. The molecule has 110 valence electrons. The fraction of sp³-hybridized carbons (Fsp3) is 0.154. The Morgan fingerprint density at radius 2 is 2.24 bits per heavy atom. The van der Waals surface area contributed by atoms with E-state index in [2.05, 4.69) is 5.43 Å². The molecule has 0 spiro atoms. The van der Waals surface area contributed by atoms with Gasteiger partial charge >= 0.3 is 0 Å². The summed E-state index contributed by atoms with van der Waals surface area (Å²) in [6.45, 7) is 2.09. The number of carbonyl (C=O) groups is 1. The zero-order valence-corrected chi connectivity index (χ0v) is 12.0. The van der Waals surface area contributed by atoms with Crippen LogP contribution < -0.4 is 16.0 Å². The van der Waals surface area contributed by atoms with Crippen molar-refractivity contribution in [3.8, 4) is 5.75 Å². The quantitative estimate of drug-likeness (QED) is 0.381. The molecule has 1 amide bonds. The number of nitrogens with two attached hydrogens (primary N) is 1. The molecule has 2 rings (SSSR count). The number of amides is 1. The van der Waals surface area contributed by atoms with Gasteiger partial charge in [-0.25, -0.2) is 5.84 Å². The summed E-state index contributed by atoms with van der Waals surface area (Å²) in [5, 5.41) is 10.7. The summed E-state index contributed by atoms with van der Waals surface area (Å²) in [5.41, 5.74) is 2.88. The fourth-order valence-electron chi connectivity index (χ4n) is 1.69. The third-order valence-corrected chi connectivity index (χ3v) is 3.89. The van der Waals surface area contributed by atoms with Crippen LogP contribution in [0.3, 0.4) is 0 Å². The first-order valence-corrected chi connectivity index (χ1v) is 6.80. The summed E-state index contributed by atoms with van der Waals surface area (Å²) in [7, 11) is 0. The number of nitrogen functional groups attached to an aromatic ring is 1. The van der Waals surface area contributed by atoms with Crippen LogP contribution >= 0.6 is 11.3 Å². The van der Waals surface area contributed by atoms with Crippen LogP contribution in [0, 0.1) is 17.0 Å². The van der Waals surface area contributed by atoms with Gasteiger partial charge in [0.15, 0.2) is 0 Å². The van der Waals surface area contributed by atoms with Crippen LogP contribution in [-0.2, 0) is 6.61 Å². The van der Waals surface area contributed by atoms with E-state index in [0.29, 0.717) is 10.6 Å². The molecule has 0 saturated heterocycles. The standard InChI is InChI=1S/C13H13N3O4S/c1-8-9(5-12(21-8)13(17)15-14)7-20-11-4-2-3-10(6-11)16(18)19/h2-6H,7,14H2,1H3,(H,15,17). The van der Waals surface area contributed by atoms with Crippen molar-refractivity contribution in [1.29, 1.82) is 0 Å². The number of aryl methyl sites for hydroxylation is 1. The molecule has 0 radical (unpaired) electrons. The Labute approximate surface area is 124 Å². The first-order chi connectivity index (χ1) is 10.0. The molecule has 0 aliphatic rings. The van der Waals surface area contributed by atoms with Crippen LogP contribution in [0.15, 0.2) is 30.3 Å². The van der Waals surface area contributed by atoms with Gasteiger partial charge < -0.3 is 4.74 Å². The van der Waals surface area contributed by atoms with Gasteiger partial charge in [-0.2, -0.15) is 0 Å². The second kappa shape index (κ2) is 6.33. The molecule has 7 nitrogen and oxygen atoms in total. The topological polar surface area (TPSA) is 107 Å². The van der Waals surface area contributed by atoms with E-state index in [0.717, 1.165) is 10.4 Å². The first-order valence-electron chi connectivity index (χ1n) is 5.98. The van der Waals surface area contributed by atoms with Gasteiger partial charge in [0, 0.05) is 16.5 Å². The number of nitrogens with zero attached hydrogens (tertiary/aromatic N) is 1. The normalized spacial score (nSPS) is 10.2. The van der Waals surface area contributed by atoms with Crippen molar-refractivity contribution in [2.24, 2.45) is 5.84 Å². The number of thiophene rings is 1. The van der Waals surface area contributed by atoms with E-state index in [-0.39, 0.29) is 18.2 Å². The summed E-state index contributed by atoms with van der Waals surface area (Å²) < 4.78 is 5.53. The van der Waals surface area contributed by atoms with Gasteiger partial charge in [-0.15, -0.1) is 11.3 Å². The van der Waals surface area contributed by atoms with Crippen molar-refractivity contribution in [3.05, 3.63) is 55.8 Å². The molecular weight excluding hydrogens is 294 g/mol. The minimum Gasteiger partial charge on any atom is -0.489 e. The lowest BCUT2D eigenvalue weighted by Gasteiger charge is -2.05. The SMILES string of the molecule is Cc1sc(C(=O)NN)cc1COc1cccc([N+](=O)[O-])c1. The number of nitro groups is 1. The van der Waals surface area contributed by atoms with Crippen molar-refractivity contribution in [2.75, 3.05) is 0 Å². The van der Waals surface area contributed by atoms with E-state index in [4.69, 9.17) is 10.6 Å². The molecule has 0 aliphatic heterocycles.